The predicted octanol–water partition coefficient (Wildman–Crippen LogP) is 3.12. The van der Waals surface area contributed by atoms with E-state index in [1.165, 1.54) is 18.2 Å². The zero-order chi connectivity index (χ0) is 16.7. The molecule has 0 aromatic heterocycles. The Labute approximate surface area is 129 Å². The molecule has 7 heteroatoms. The van der Waals surface area contributed by atoms with Crippen LogP contribution in [0.25, 0.3) is 0 Å². The van der Waals surface area contributed by atoms with Crippen LogP contribution in [-0.4, -0.2) is 12.2 Å². The third-order valence-corrected chi connectivity index (χ3v) is 3.45. The lowest BCUT2D eigenvalue weighted by molar-refractivity contribution is -0.137. The van der Waals surface area contributed by atoms with Gasteiger partial charge in [0.25, 0.3) is 0 Å². The van der Waals surface area contributed by atoms with Crippen molar-refractivity contribution in [3.05, 3.63) is 65.2 Å². The average molecular weight is 320 g/mol. The third kappa shape index (κ3) is 2.59. The first-order valence-electron chi connectivity index (χ1n) is 6.64. The van der Waals surface area contributed by atoms with Gasteiger partial charge in [0, 0.05) is 11.1 Å². The Bertz CT molecular complexity index is 802. The van der Waals surface area contributed by atoms with Crippen molar-refractivity contribution >= 4 is 17.9 Å². The van der Waals surface area contributed by atoms with Gasteiger partial charge in [0.1, 0.15) is 0 Å². The molecule has 2 N–H and O–H groups in total. The van der Waals surface area contributed by atoms with Gasteiger partial charge >= 0.3 is 6.18 Å². The second-order valence-corrected chi connectivity index (χ2v) is 4.99. The van der Waals surface area contributed by atoms with Crippen LogP contribution in [0.15, 0.2) is 53.5 Å². The number of para-hydroxylation sites is 1. The van der Waals surface area contributed by atoms with Gasteiger partial charge in [-0.25, -0.2) is 4.99 Å². The Morgan fingerprint density at radius 2 is 1.74 bits per heavy atom. The fourth-order valence-corrected chi connectivity index (χ4v) is 2.37. The molecule has 0 amide bonds. The monoisotopic (exact) mass is 320 g/mol. The molecule has 0 aliphatic carbocycles. The van der Waals surface area contributed by atoms with Crippen molar-refractivity contribution < 1.29 is 22.7 Å². The van der Waals surface area contributed by atoms with E-state index in [4.69, 9.17) is 10.5 Å². The Morgan fingerprint density at radius 3 is 2.43 bits per heavy atom. The number of halogens is 3. The summed E-state index contributed by atoms with van der Waals surface area (Å²) in [6.07, 6.45) is -4.24. The fourth-order valence-electron chi connectivity index (χ4n) is 2.37. The van der Waals surface area contributed by atoms with Crippen LogP contribution in [0.5, 0.6) is 0 Å². The summed E-state index contributed by atoms with van der Waals surface area (Å²) in [6, 6.07) is 11.2. The number of hydrogen-bond acceptors (Lipinski definition) is 4. The number of alkyl halides is 3. The van der Waals surface area contributed by atoms with Crippen molar-refractivity contribution in [3.63, 3.8) is 0 Å². The predicted molar refractivity (Wildman–Crippen MR) is 77.1 cm³/mol. The van der Waals surface area contributed by atoms with E-state index in [-0.39, 0.29) is 11.5 Å². The summed E-state index contributed by atoms with van der Waals surface area (Å²) in [7, 11) is 0. The lowest BCUT2D eigenvalue weighted by atomic mass is 10.00. The SMILES string of the molecule is NC1(C=O)OC(c2ccccc2C(F)(F)F)=Nc2ccccc21. The fraction of sp³-hybridized carbons (Fsp3) is 0.125. The molecule has 2 aromatic rings. The minimum atomic E-state index is -4.59. The van der Waals surface area contributed by atoms with Gasteiger partial charge in [0.2, 0.25) is 11.6 Å². The number of aldehydes is 1. The van der Waals surface area contributed by atoms with Crippen molar-refractivity contribution in [3.8, 4) is 0 Å². The standard InChI is InChI=1S/C16H11F3N2O2/c17-16(18,19)11-6-2-1-5-10(11)14-21-13-8-4-3-7-12(13)15(20,9-22)23-14/h1-9H,20H2. The minimum Gasteiger partial charge on any atom is -0.444 e. The number of nitrogens with zero attached hydrogens (tertiary/aromatic N) is 1. The summed E-state index contributed by atoms with van der Waals surface area (Å²) in [5.41, 5.74) is 3.43. The molecule has 1 heterocycles. The van der Waals surface area contributed by atoms with Crippen molar-refractivity contribution in [1.29, 1.82) is 0 Å². The molecular weight excluding hydrogens is 309 g/mol. The highest BCUT2D eigenvalue weighted by Gasteiger charge is 2.40. The second kappa shape index (κ2) is 5.20. The van der Waals surface area contributed by atoms with E-state index < -0.39 is 17.5 Å². The molecule has 118 valence electrons. The molecule has 4 nitrogen and oxygen atoms in total. The first kappa shape index (κ1) is 15.2. The van der Waals surface area contributed by atoms with Crippen LogP contribution in [-0.2, 0) is 21.4 Å². The molecule has 0 saturated heterocycles. The van der Waals surface area contributed by atoms with Crippen LogP contribution < -0.4 is 5.73 Å². The molecule has 0 spiro atoms. The first-order valence-corrected chi connectivity index (χ1v) is 6.64. The van der Waals surface area contributed by atoms with Gasteiger partial charge in [-0.2, -0.15) is 13.2 Å². The highest BCUT2D eigenvalue weighted by atomic mass is 19.4. The van der Waals surface area contributed by atoms with Gasteiger partial charge in [-0.3, -0.25) is 10.5 Å². The molecule has 1 aliphatic rings. The number of aliphatic imine (C=N–C) groups is 1. The molecule has 1 aliphatic heterocycles. The summed E-state index contributed by atoms with van der Waals surface area (Å²) in [6.45, 7) is 0. The van der Waals surface area contributed by atoms with Crippen molar-refractivity contribution in [2.45, 2.75) is 11.9 Å². The van der Waals surface area contributed by atoms with Crippen LogP contribution in [0, 0.1) is 0 Å². The Balaban J connectivity index is 2.20. The van der Waals surface area contributed by atoms with Gasteiger partial charge in [0.05, 0.1) is 11.3 Å². The number of nitrogens with two attached hydrogens (primary N) is 1. The van der Waals surface area contributed by atoms with E-state index in [0.717, 1.165) is 6.07 Å². The van der Waals surface area contributed by atoms with Gasteiger partial charge < -0.3 is 4.74 Å². The molecule has 23 heavy (non-hydrogen) atoms. The average Bonchev–Trinajstić information content (AvgIpc) is 2.54. The molecular formula is C16H11F3N2O2. The quantitative estimate of drug-likeness (QED) is 0.865. The summed E-state index contributed by atoms with van der Waals surface area (Å²) in [5.74, 6) is -0.341. The Kier molecular flexibility index (Phi) is 3.45. The summed E-state index contributed by atoms with van der Waals surface area (Å²) in [5, 5.41) is 0. The van der Waals surface area contributed by atoms with Gasteiger partial charge in [0.15, 0.2) is 6.29 Å². The molecule has 0 saturated carbocycles. The van der Waals surface area contributed by atoms with Crippen LogP contribution in [0.2, 0.25) is 0 Å². The van der Waals surface area contributed by atoms with E-state index in [2.05, 4.69) is 4.99 Å². The number of ether oxygens (including phenoxy) is 1. The number of rotatable bonds is 2. The van der Waals surface area contributed by atoms with E-state index in [1.807, 2.05) is 0 Å². The zero-order valence-corrected chi connectivity index (χ0v) is 11.7. The van der Waals surface area contributed by atoms with Crippen LogP contribution in [0.3, 0.4) is 0 Å². The maximum atomic E-state index is 13.2. The van der Waals surface area contributed by atoms with Crippen LogP contribution in [0.4, 0.5) is 18.9 Å². The zero-order valence-electron chi connectivity index (χ0n) is 11.7. The molecule has 2 aromatic carbocycles. The smallest absolute Gasteiger partial charge is 0.417 e. The second-order valence-electron chi connectivity index (χ2n) is 4.99. The molecule has 0 fully saturated rings. The first-order chi connectivity index (χ1) is 10.8. The maximum Gasteiger partial charge on any atom is 0.417 e. The molecule has 3 rings (SSSR count). The Morgan fingerprint density at radius 1 is 1.09 bits per heavy atom. The van der Waals surface area contributed by atoms with Crippen LogP contribution in [0.1, 0.15) is 16.7 Å². The topological polar surface area (TPSA) is 64.7 Å². The molecule has 1 unspecified atom stereocenters. The lowest BCUT2D eigenvalue weighted by Crippen LogP contribution is -2.45. The largest absolute Gasteiger partial charge is 0.444 e. The van der Waals surface area contributed by atoms with E-state index in [1.54, 1.807) is 24.3 Å². The van der Waals surface area contributed by atoms with Gasteiger partial charge in [-0.05, 0) is 18.2 Å². The number of fused-ring (bicyclic) bond motifs is 1. The molecule has 0 bridgehead atoms. The number of hydrogen-bond donors (Lipinski definition) is 1. The van der Waals surface area contributed by atoms with Crippen molar-refractivity contribution in [2.24, 2.45) is 10.7 Å². The summed E-state index contributed by atoms with van der Waals surface area (Å²) < 4.78 is 44.8. The third-order valence-electron chi connectivity index (χ3n) is 3.45. The Hall–Kier alpha value is -2.67. The number of carbonyl (C=O) groups is 1. The van der Waals surface area contributed by atoms with Crippen molar-refractivity contribution in [1.82, 2.24) is 0 Å². The minimum absolute atomic E-state index is 0.272. The number of benzene rings is 2. The maximum absolute atomic E-state index is 13.2. The molecule has 1 atom stereocenters. The molecule has 0 radical (unpaired) electrons. The van der Waals surface area contributed by atoms with E-state index in [9.17, 15) is 18.0 Å². The van der Waals surface area contributed by atoms with E-state index in [0.29, 0.717) is 17.5 Å². The van der Waals surface area contributed by atoms with Gasteiger partial charge in [-0.1, -0.05) is 30.3 Å². The summed E-state index contributed by atoms with van der Waals surface area (Å²) >= 11 is 0. The van der Waals surface area contributed by atoms with Crippen molar-refractivity contribution in [2.75, 3.05) is 0 Å². The normalized spacial score (nSPS) is 20.3. The van der Waals surface area contributed by atoms with Crippen LogP contribution >= 0.6 is 0 Å². The number of carbonyl (C=O) groups excluding carboxylic acids is 1. The summed E-state index contributed by atoms with van der Waals surface area (Å²) in [4.78, 5) is 15.5. The highest BCUT2D eigenvalue weighted by molar-refractivity contribution is 6.00. The van der Waals surface area contributed by atoms with E-state index >= 15 is 0 Å². The highest BCUT2D eigenvalue weighted by Crippen LogP contribution is 2.37. The lowest BCUT2D eigenvalue weighted by Gasteiger charge is -2.31. The van der Waals surface area contributed by atoms with Gasteiger partial charge in [-0.15, -0.1) is 0 Å².